The SMILES string of the molecule is CCOc1cc2c3c(c1)C(CN1CCCCC1c1cccnc1)=CC(C)(C)N3C(=O)C2=O. The summed E-state index contributed by atoms with van der Waals surface area (Å²) in [6.45, 7) is 8.18. The van der Waals surface area contributed by atoms with Crippen molar-refractivity contribution in [3.8, 4) is 5.75 Å². The number of amides is 1. The van der Waals surface area contributed by atoms with E-state index in [0.717, 1.165) is 42.8 Å². The summed E-state index contributed by atoms with van der Waals surface area (Å²) < 4.78 is 5.77. The van der Waals surface area contributed by atoms with Crippen molar-refractivity contribution in [2.24, 2.45) is 0 Å². The topological polar surface area (TPSA) is 62.7 Å². The van der Waals surface area contributed by atoms with Crippen LogP contribution >= 0.6 is 0 Å². The van der Waals surface area contributed by atoms with Gasteiger partial charge < -0.3 is 4.74 Å². The third kappa shape index (κ3) is 3.34. The number of Topliss-reactive ketones (excluding diaryl/α,β-unsaturated/α-hetero) is 1. The first kappa shape index (κ1) is 20.9. The average molecular weight is 432 g/mol. The molecule has 1 atom stereocenters. The fourth-order valence-electron chi connectivity index (χ4n) is 5.43. The number of carbonyl (C=O) groups is 2. The van der Waals surface area contributed by atoms with E-state index >= 15 is 0 Å². The van der Waals surface area contributed by atoms with Crippen LogP contribution in [0.25, 0.3) is 5.57 Å². The zero-order chi connectivity index (χ0) is 22.5. The molecule has 166 valence electrons. The molecule has 3 aliphatic rings. The van der Waals surface area contributed by atoms with Gasteiger partial charge in [-0.3, -0.25) is 24.4 Å². The molecule has 1 aromatic carbocycles. The third-order valence-electron chi connectivity index (χ3n) is 6.77. The van der Waals surface area contributed by atoms with Gasteiger partial charge in [-0.25, -0.2) is 0 Å². The van der Waals surface area contributed by atoms with E-state index in [1.165, 1.54) is 12.0 Å². The Labute approximate surface area is 188 Å². The molecule has 1 amide bonds. The van der Waals surface area contributed by atoms with Crippen LogP contribution in [0.3, 0.4) is 0 Å². The van der Waals surface area contributed by atoms with Gasteiger partial charge in [-0.15, -0.1) is 0 Å². The summed E-state index contributed by atoms with van der Waals surface area (Å²) in [5.74, 6) is -0.268. The Morgan fingerprint density at radius 2 is 2.00 bits per heavy atom. The maximum absolute atomic E-state index is 12.9. The van der Waals surface area contributed by atoms with Crippen molar-refractivity contribution in [2.45, 2.75) is 51.6 Å². The molecule has 1 saturated heterocycles. The Kier molecular flexibility index (Phi) is 5.13. The Balaban J connectivity index is 1.58. The minimum absolute atomic E-state index is 0.311. The van der Waals surface area contributed by atoms with E-state index in [-0.39, 0.29) is 0 Å². The minimum Gasteiger partial charge on any atom is -0.494 e. The molecule has 1 aromatic heterocycles. The number of aromatic nitrogens is 1. The van der Waals surface area contributed by atoms with Gasteiger partial charge in [0.15, 0.2) is 0 Å². The first-order chi connectivity index (χ1) is 15.4. The van der Waals surface area contributed by atoms with Crippen LogP contribution in [0.4, 0.5) is 5.69 Å². The Morgan fingerprint density at radius 1 is 1.19 bits per heavy atom. The second kappa shape index (κ2) is 7.85. The smallest absolute Gasteiger partial charge is 0.300 e. The standard InChI is InChI=1S/C26H29N3O3/c1-4-32-19-12-20-18(14-26(2,3)29-23(20)21(13-19)24(30)25(29)31)16-28-11-6-5-9-22(28)17-8-7-10-27-15-17/h7-8,10,12-15,22H,4-6,9,11,16H2,1-3H3. The van der Waals surface area contributed by atoms with Crippen molar-refractivity contribution in [3.63, 3.8) is 0 Å². The van der Waals surface area contributed by atoms with Gasteiger partial charge in [0.05, 0.1) is 23.4 Å². The summed E-state index contributed by atoms with van der Waals surface area (Å²) >= 11 is 0. The summed E-state index contributed by atoms with van der Waals surface area (Å²) in [5.41, 5.74) is 3.93. The molecule has 1 unspecified atom stereocenters. The Bertz CT molecular complexity index is 1110. The van der Waals surface area contributed by atoms with Crippen LogP contribution in [-0.2, 0) is 4.79 Å². The highest BCUT2D eigenvalue weighted by molar-refractivity contribution is 6.53. The number of likely N-dealkylation sites (tertiary alicyclic amines) is 1. The number of hydrogen-bond donors (Lipinski definition) is 0. The summed E-state index contributed by atoms with van der Waals surface area (Å²) in [4.78, 5) is 34.2. The first-order valence-corrected chi connectivity index (χ1v) is 11.5. The van der Waals surface area contributed by atoms with Gasteiger partial charge in [-0.05, 0) is 69.5 Å². The van der Waals surface area contributed by atoms with Gasteiger partial charge in [-0.2, -0.15) is 0 Å². The van der Waals surface area contributed by atoms with E-state index in [0.29, 0.717) is 24.0 Å². The number of nitrogens with zero attached hydrogens (tertiary/aromatic N) is 3. The average Bonchev–Trinajstić information content (AvgIpc) is 3.04. The predicted molar refractivity (Wildman–Crippen MR) is 124 cm³/mol. The molecule has 6 nitrogen and oxygen atoms in total. The van der Waals surface area contributed by atoms with Crippen molar-refractivity contribution in [1.29, 1.82) is 0 Å². The normalized spacial score (nSPS) is 22.0. The fraction of sp³-hybridized carbons (Fsp3) is 0.423. The van der Waals surface area contributed by atoms with Gasteiger partial charge >= 0.3 is 0 Å². The number of hydrogen-bond acceptors (Lipinski definition) is 5. The third-order valence-corrected chi connectivity index (χ3v) is 6.77. The molecule has 3 aliphatic heterocycles. The Morgan fingerprint density at radius 3 is 2.75 bits per heavy atom. The largest absolute Gasteiger partial charge is 0.494 e. The number of pyridine rings is 1. The highest BCUT2D eigenvalue weighted by Crippen LogP contribution is 2.48. The number of ether oxygens (including phenoxy) is 1. The predicted octanol–water partition coefficient (Wildman–Crippen LogP) is 4.41. The van der Waals surface area contributed by atoms with Crippen LogP contribution in [0, 0.1) is 0 Å². The molecule has 1 fully saturated rings. The molecule has 5 rings (SSSR count). The van der Waals surface area contributed by atoms with Crippen molar-refractivity contribution in [1.82, 2.24) is 9.88 Å². The lowest BCUT2D eigenvalue weighted by Gasteiger charge is -2.42. The molecule has 32 heavy (non-hydrogen) atoms. The second-order valence-corrected chi connectivity index (χ2v) is 9.36. The quantitative estimate of drug-likeness (QED) is 0.656. The van der Waals surface area contributed by atoms with Crippen LogP contribution < -0.4 is 9.64 Å². The fourth-order valence-corrected chi connectivity index (χ4v) is 5.43. The molecule has 0 saturated carbocycles. The lowest BCUT2D eigenvalue weighted by molar-refractivity contribution is -0.115. The zero-order valence-electron chi connectivity index (χ0n) is 18.9. The van der Waals surface area contributed by atoms with Crippen LogP contribution in [0.5, 0.6) is 5.75 Å². The number of benzene rings is 1. The van der Waals surface area contributed by atoms with Gasteiger partial charge in [0.1, 0.15) is 5.75 Å². The van der Waals surface area contributed by atoms with E-state index in [1.54, 1.807) is 11.0 Å². The van der Waals surface area contributed by atoms with Crippen molar-refractivity contribution in [3.05, 3.63) is 59.4 Å². The van der Waals surface area contributed by atoms with Crippen LogP contribution in [0.1, 0.15) is 67.6 Å². The molecule has 0 aliphatic carbocycles. The molecular weight excluding hydrogens is 402 g/mol. The van der Waals surface area contributed by atoms with Gasteiger partial charge in [0, 0.05) is 30.5 Å². The lowest BCUT2D eigenvalue weighted by atomic mass is 9.86. The van der Waals surface area contributed by atoms with Gasteiger partial charge in [0.25, 0.3) is 11.7 Å². The zero-order valence-corrected chi connectivity index (χ0v) is 18.9. The van der Waals surface area contributed by atoms with Gasteiger partial charge in [-0.1, -0.05) is 18.6 Å². The van der Waals surface area contributed by atoms with Crippen LogP contribution in [0.15, 0.2) is 42.7 Å². The van der Waals surface area contributed by atoms with Crippen molar-refractivity contribution in [2.75, 3.05) is 24.6 Å². The maximum Gasteiger partial charge on any atom is 0.300 e. The van der Waals surface area contributed by atoms with Crippen molar-refractivity contribution >= 4 is 23.0 Å². The van der Waals surface area contributed by atoms with E-state index in [2.05, 4.69) is 22.0 Å². The molecule has 0 radical (unpaired) electrons. The van der Waals surface area contributed by atoms with Crippen molar-refractivity contribution < 1.29 is 14.3 Å². The Hall–Kier alpha value is -2.99. The maximum atomic E-state index is 12.9. The molecule has 6 heteroatoms. The molecule has 0 bridgehead atoms. The van der Waals surface area contributed by atoms with E-state index in [4.69, 9.17) is 4.74 Å². The molecule has 0 N–H and O–H groups in total. The highest BCUT2D eigenvalue weighted by Gasteiger charge is 2.47. The second-order valence-electron chi connectivity index (χ2n) is 9.36. The number of rotatable bonds is 5. The number of carbonyl (C=O) groups excluding carboxylic acids is 2. The van der Waals surface area contributed by atoms with E-state index < -0.39 is 17.2 Å². The van der Waals surface area contributed by atoms with Gasteiger partial charge in [0.2, 0.25) is 0 Å². The summed E-state index contributed by atoms with van der Waals surface area (Å²) in [6.07, 6.45) is 9.39. The summed E-state index contributed by atoms with van der Waals surface area (Å²) in [7, 11) is 0. The van der Waals surface area contributed by atoms with E-state index in [9.17, 15) is 9.59 Å². The number of anilines is 1. The number of ketones is 1. The summed E-state index contributed by atoms with van der Waals surface area (Å²) in [5, 5.41) is 0. The summed E-state index contributed by atoms with van der Waals surface area (Å²) in [6, 6.07) is 8.18. The first-order valence-electron chi connectivity index (χ1n) is 11.5. The molecule has 2 aromatic rings. The van der Waals surface area contributed by atoms with Crippen LogP contribution in [0.2, 0.25) is 0 Å². The molecule has 0 spiro atoms. The highest BCUT2D eigenvalue weighted by atomic mass is 16.5. The minimum atomic E-state index is -0.576. The molecular formula is C26H29N3O3. The monoisotopic (exact) mass is 431 g/mol. The lowest BCUT2D eigenvalue weighted by Crippen LogP contribution is -2.48. The van der Waals surface area contributed by atoms with E-state index in [1.807, 2.05) is 45.3 Å². The van der Waals surface area contributed by atoms with Crippen LogP contribution in [-0.4, -0.2) is 46.8 Å². The number of piperidine rings is 1. The molecule has 4 heterocycles.